The fraction of sp³-hybridized carbons (Fsp3) is 0.353. The van der Waals surface area contributed by atoms with Crippen LogP contribution in [0.3, 0.4) is 0 Å². The minimum atomic E-state index is 0.423. The number of rotatable bonds is 3. The van der Waals surface area contributed by atoms with Gasteiger partial charge in [0.1, 0.15) is 5.15 Å². The van der Waals surface area contributed by atoms with E-state index in [-0.39, 0.29) is 0 Å². The molecule has 1 saturated heterocycles. The summed E-state index contributed by atoms with van der Waals surface area (Å²) in [6, 6.07) is 4.05. The Kier molecular flexibility index (Phi) is 4.50. The van der Waals surface area contributed by atoms with Crippen molar-refractivity contribution in [2.75, 3.05) is 25.5 Å². The number of nitrogens with one attached hydrogen (secondary N) is 2. The Morgan fingerprint density at radius 1 is 1.20 bits per heavy atom. The summed E-state index contributed by atoms with van der Waals surface area (Å²) in [7, 11) is 2.16. The van der Waals surface area contributed by atoms with Gasteiger partial charge in [-0.3, -0.25) is 5.10 Å². The van der Waals surface area contributed by atoms with Crippen LogP contribution in [0.15, 0.2) is 24.5 Å². The molecule has 130 valence electrons. The first-order valence-corrected chi connectivity index (χ1v) is 8.96. The van der Waals surface area contributed by atoms with Crippen molar-refractivity contribution in [3.05, 3.63) is 40.3 Å². The summed E-state index contributed by atoms with van der Waals surface area (Å²) in [4.78, 5) is 11.3. The molecule has 4 rings (SSSR count). The molecule has 1 fully saturated rings. The molecule has 1 aromatic carbocycles. The Hall–Kier alpha value is -1.89. The van der Waals surface area contributed by atoms with E-state index < -0.39 is 0 Å². The summed E-state index contributed by atoms with van der Waals surface area (Å²) >= 11 is 12.5. The number of benzene rings is 1. The van der Waals surface area contributed by atoms with Crippen LogP contribution in [-0.2, 0) is 0 Å². The molecule has 3 aromatic rings. The highest BCUT2D eigenvalue weighted by Gasteiger charge is 2.21. The number of aromatic amines is 1. The Morgan fingerprint density at radius 2 is 2.00 bits per heavy atom. The summed E-state index contributed by atoms with van der Waals surface area (Å²) in [5.41, 5.74) is 2.69. The van der Waals surface area contributed by atoms with Crippen LogP contribution in [0.2, 0.25) is 10.2 Å². The Morgan fingerprint density at radius 3 is 2.72 bits per heavy atom. The van der Waals surface area contributed by atoms with Crippen LogP contribution in [0.4, 0.5) is 11.6 Å². The molecule has 0 bridgehead atoms. The van der Waals surface area contributed by atoms with Gasteiger partial charge in [0.25, 0.3) is 0 Å². The molecule has 2 aromatic heterocycles. The summed E-state index contributed by atoms with van der Waals surface area (Å²) in [5.74, 6) is 0.954. The third-order valence-electron chi connectivity index (χ3n) is 4.70. The van der Waals surface area contributed by atoms with E-state index in [9.17, 15) is 0 Å². The zero-order chi connectivity index (χ0) is 17.4. The first kappa shape index (κ1) is 16.6. The standard InChI is InChI=1S/C17H18Cl2N6/c1-25-4-2-10(3-5-25)12-7-14-11(6-13(12)18)8-20-17(22-14)23-15-9-21-24-16(15)19/h6-10H,2-5H2,1H3,(H,21,24)(H,20,22,23). The normalized spacial score (nSPS) is 16.4. The van der Waals surface area contributed by atoms with Gasteiger partial charge in [0, 0.05) is 16.6 Å². The molecule has 3 heterocycles. The van der Waals surface area contributed by atoms with Crippen molar-refractivity contribution in [2.45, 2.75) is 18.8 Å². The summed E-state index contributed by atoms with van der Waals surface area (Å²) < 4.78 is 0. The van der Waals surface area contributed by atoms with Crippen molar-refractivity contribution in [1.29, 1.82) is 0 Å². The molecule has 8 heteroatoms. The van der Waals surface area contributed by atoms with Gasteiger partial charge in [-0.2, -0.15) is 5.10 Å². The van der Waals surface area contributed by atoms with Gasteiger partial charge in [0.15, 0.2) is 0 Å². The van der Waals surface area contributed by atoms with E-state index in [1.165, 1.54) is 5.56 Å². The average molecular weight is 377 g/mol. The minimum Gasteiger partial charge on any atom is -0.320 e. The number of hydrogen-bond donors (Lipinski definition) is 2. The van der Waals surface area contributed by atoms with E-state index >= 15 is 0 Å². The largest absolute Gasteiger partial charge is 0.320 e. The molecular weight excluding hydrogens is 359 g/mol. The number of H-pyrrole nitrogens is 1. The SMILES string of the molecule is CN1CCC(c2cc3nc(Nc4cn[nH]c4Cl)ncc3cc2Cl)CC1. The lowest BCUT2D eigenvalue weighted by atomic mass is 9.89. The zero-order valence-electron chi connectivity index (χ0n) is 13.8. The number of aromatic nitrogens is 4. The number of nitrogens with zero attached hydrogens (tertiary/aromatic N) is 4. The maximum absolute atomic E-state index is 6.53. The lowest BCUT2D eigenvalue weighted by molar-refractivity contribution is 0.255. The molecule has 0 unspecified atom stereocenters. The highest BCUT2D eigenvalue weighted by molar-refractivity contribution is 6.32. The van der Waals surface area contributed by atoms with E-state index in [1.54, 1.807) is 12.4 Å². The summed E-state index contributed by atoms with van der Waals surface area (Å²) in [6.45, 7) is 2.18. The van der Waals surface area contributed by atoms with E-state index in [2.05, 4.69) is 43.5 Å². The van der Waals surface area contributed by atoms with Crippen molar-refractivity contribution in [3.8, 4) is 0 Å². The molecule has 0 saturated carbocycles. The maximum atomic E-state index is 6.53. The van der Waals surface area contributed by atoms with Gasteiger partial charge < -0.3 is 10.2 Å². The molecule has 0 radical (unpaired) electrons. The van der Waals surface area contributed by atoms with Gasteiger partial charge >= 0.3 is 0 Å². The Balaban J connectivity index is 1.66. The fourth-order valence-electron chi connectivity index (χ4n) is 3.24. The smallest absolute Gasteiger partial charge is 0.227 e. The molecule has 0 aliphatic carbocycles. The first-order chi connectivity index (χ1) is 12.1. The van der Waals surface area contributed by atoms with Crippen molar-refractivity contribution in [1.82, 2.24) is 25.1 Å². The number of fused-ring (bicyclic) bond motifs is 1. The van der Waals surface area contributed by atoms with Crippen LogP contribution in [0.5, 0.6) is 0 Å². The zero-order valence-corrected chi connectivity index (χ0v) is 15.3. The molecule has 0 amide bonds. The lowest BCUT2D eigenvalue weighted by Crippen LogP contribution is -2.29. The van der Waals surface area contributed by atoms with E-state index in [0.717, 1.165) is 41.9 Å². The van der Waals surface area contributed by atoms with Gasteiger partial charge in [-0.1, -0.05) is 23.2 Å². The third kappa shape index (κ3) is 3.42. The molecular formula is C17H18Cl2N6. The van der Waals surface area contributed by atoms with Gasteiger partial charge in [-0.25, -0.2) is 9.97 Å². The predicted molar refractivity (Wildman–Crippen MR) is 101 cm³/mol. The minimum absolute atomic E-state index is 0.423. The van der Waals surface area contributed by atoms with Gasteiger partial charge in [-0.05, 0) is 56.6 Å². The van der Waals surface area contributed by atoms with Crippen LogP contribution < -0.4 is 5.32 Å². The highest BCUT2D eigenvalue weighted by atomic mass is 35.5. The predicted octanol–water partition coefficient (Wildman–Crippen LogP) is 4.21. The Labute approximate surface area is 155 Å². The quantitative estimate of drug-likeness (QED) is 0.716. The van der Waals surface area contributed by atoms with Crippen molar-refractivity contribution >= 4 is 45.7 Å². The van der Waals surface area contributed by atoms with E-state index in [1.807, 2.05) is 6.07 Å². The molecule has 25 heavy (non-hydrogen) atoms. The fourth-order valence-corrected chi connectivity index (χ4v) is 3.71. The first-order valence-electron chi connectivity index (χ1n) is 8.21. The van der Waals surface area contributed by atoms with E-state index in [4.69, 9.17) is 23.2 Å². The number of hydrogen-bond acceptors (Lipinski definition) is 5. The lowest BCUT2D eigenvalue weighted by Gasteiger charge is -2.29. The highest BCUT2D eigenvalue weighted by Crippen LogP contribution is 2.35. The van der Waals surface area contributed by atoms with E-state index in [0.29, 0.717) is 22.7 Å². The number of likely N-dealkylation sites (tertiary alicyclic amines) is 1. The molecule has 0 spiro atoms. The third-order valence-corrected chi connectivity index (χ3v) is 5.31. The van der Waals surface area contributed by atoms with Crippen LogP contribution in [0.25, 0.3) is 10.9 Å². The van der Waals surface area contributed by atoms with Crippen LogP contribution >= 0.6 is 23.2 Å². The van der Waals surface area contributed by atoms with Gasteiger partial charge in [-0.15, -0.1) is 0 Å². The average Bonchev–Trinajstić information content (AvgIpc) is 3.00. The molecule has 2 N–H and O–H groups in total. The molecule has 0 atom stereocenters. The van der Waals surface area contributed by atoms with Crippen LogP contribution in [0, 0.1) is 0 Å². The molecule has 1 aliphatic heterocycles. The van der Waals surface area contributed by atoms with Crippen molar-refractivity contribution in [3.63, 3.8) is 0 Å². The second-order valence-electron chi connectivity index (χ2n) is 6.43. The van der Waals surface area contributed by atoms with Crippen LogP contribution in [-0.4, -0.2) is 45.2 Å². The number of halogens is 2. The second-order valence-corrected chi connectivity index (χ2v) is 7.21. The number of piperidine rings is 1. The van der Waals surface area contributed by atoms with Gasteiger partial charge in [0.2, 0.25) is 5.95 Å². The number of anilines is 2. The monoisotopic (exact) mass is 376 g/mol. The molecule has 1 aliphatic rings. The maximum Gasteiger partial charge on any atom is 0.227 e. The second kappa shape index (κ2) is 6.78. The van der Waals surface area contributed by atoms with Crippen molar-refractivity contribution < 1.29 is 0 Å². The Bertz CT molecular complexity index is 901. The molecule has 6 nitrogen and oxygen atoms in total. The van der Waals surface area contributed by atoms with Crippen LogP contribution in [0.1, 0.15) is 24.3 Å². The topological polar surface area (TPSA) is 69.7 Å². The summed E-state index contributed by atoms with van der Waals surface area (Å²) in [6.07, 6.45) is 5.59. The summed E-state index contributed by atoms with van der Waals surface area (Å²) in [5, 5.41) is 11.8. The van der Waals surface area contributed by atoms with Crippen molar-refractivity contribution in [2.24, 2.45) is 0 Å². The van der Waals surface area contributed by atoms with Gasteiger partial charge in [0.05, 0.1) is 17.4 Å².